The first-order valence-electron chi connectivity index (χ1n) is 8.55. The number of sulfone groups is 1. The number of ether oxygens (including phenoxy) is 1. The first-order chi connectivity index (χ1) is 11.6. The molecule has 3 heterocycles. The summed E-state index contributed by atoms with van der Waals surface area (Å²) in [5.41, 5.74) is 0. The Morgan fingerprint density at radius 3 is 2.58 bits per heavy atom. The predicted octanol–water partition coefficient (Wildman–Crippen LogP) is -0.123. The SMILES string of the molecule is COCCN1CCN(Cc2nnc(C3CC3)o2)[C@@H]2CS(=O)(=O)C[C@@H]21. The lowest BCUT2D eigenvalue weighted by Crippen LogP contribution is -2.59. The minimum atomic E-state index is -3.00. The van der Waals surface area contributed by atoms with E-state index in [1.807, 2.05) is 0 Å². The molecule has 3 aliphatic rings. The first-order valence-corrected chi connectivity index (χ1v) is 10.4. The summed E-state index contributed by atoms with van der Waals surface area (Å²) >= 11 is 0. The van der Waals surface area contributed by atoms with Gasteiger partial charge in [0.1, 0.15) is 0 Å². The van der Waals surface area contributed by atoms with Crippen LogP contribution in [0.4, 0.5) is 0 Å². The van der Waals surface area contributed by atoms with Gasteiger partial charge in [-0.2, -0.15) is 0 Å². The number of fused-ring (bicyclic) bond motifs is 1. The molecule has 0 unspecified atom stereocenters. The molecule has 134 valence electrons. The molecule has 24 heavy (non-hydrogen) atoms. The zero-order valence-corrected chi connectivity index (χ0v) is 14.7. The van der Waals surface area contributed by atoms with E-state index in [0.29, 0.717) is 25.0 Å². The lowest BCUT2D eigenvalue weighted by Gasteiger charge is -2.43. The Kier molecular flexibility index (Phi) is 4.36. The molecule has 2 saturated heterocycles. The molecule has 2 atom stereocenters. The van der Waals surface area contributed by atoms with Gasteiger partial charge < -0.3 is 9.15 Å². The van der Waals surface area contributed by atoms with Gasteiger partial charge in [0.05, 0.1) is 24.7 Å². The Hall–Kier alpha value is -1.03. The van der Waals surface area contributed by atoms with Crippen molar-refractivity contribution >= 4 is 9.84 Å². The molecule has 0 bridgehead atoms. The lowest BCUT2D eigenvalue weighted by atomic mass is 10.0. The fourth-order valence-electron chi connectivity index (χ4n) is 3.78. The van der Waals surface area contributed by atoms with E-state index in [4.69, 9.17) is 9.15 Å². The van der Waals surface area contributed by atoms with Gasteiger partial charge in [-0.05, 0) is 12.8 Å². The average molecular weight is 356 g/mol. The molecule has 0 spiro atoms. The Morgan fingerprint density at radius 2 is 1.88 bits per heavy atom. The summed E-state index contributed by atoms with van der Waals surface area (Å²) in [5.74, 6) is 2.22. The standard InChI is InChI=1S/C15H24N4O4S/c1-22-7-6-18-4-5-19(13-10-24(20,21)9-12(13)18)8-14-16-17-15(23-14)11-2-3-11/h11-13H,2-10H2,1H3/t12-,13+/m0/s1. The van der Waals surface area contributed by atoms with Gasteiger partial charge in [0.15, 0.2) is 9.84 Å². The summed E-state index contributed by atoms with van der Waals surface area (Å²) in [7, 11) is -1.33. The zero-order chi connectivity index (χ0) is 16.7. The van der Waals surface area contributed by atoms with Crippen molar-refractivity contribution < 1.29 is 17.6 Å². The highest BCUT2D eigenvalue weighted by molar-refractivity contribution is 7.91. The minimum Gasteiger partial charge on any atom is -0.424 e. The monoisotopic (exact) mass is 356 g/mol. The summed E-state index contributed by atoms with van der Waals surface area (Å²) in [4.78, 5) is 4.45. The molecule has 4 rings (SSSR count). The van der Waals surface area contributed by atoms with Gasteiger partial charge in [-0.1, -0.05) is 0 Å². The molecule has 2 aliphatic heterocycles. The van der Waals surface area contributed by atoms with Crippen LogP contribution in [0.2, 0.25) is 0 Å². The smallest absolute Gasteiger partial charge is 0.230 e. The maximum Gasteiger partial charge on any atom is 0.230 e. The maximum absolute atomic E-state index is 12.2. The van der Waals surface area contributed by atoms with E-state index in [9.17, 15) is 8.42 Å². The molecule has 1 aliphatic carbocycles. The van der Waals surface area contributed by atoms with E-state index in [-0.39, 0.29) is 23.6 Å². The Labute approximate surface area is 142 Å². The van der Waals surface area contributed by atoms with Gasteiger partial charge in [-0.3, -0.25) is 9.80 Å². The summed E-state index contributed by atoms with van der Waals surface area (Å²) in [5, 5.41) is 8.27. The molecule has 0 amide bonds. The number of piperazine rings is 1. The number of rotatable bonds is 6. The van der Waals surface area contributed by atoms with E-state index in [2.05, 4.69) is 20.0 Å². The molecule has 1 aromatic rings. The largest absolute Gasteiger partial charge is 0.424 e. The van der Waals surface area contributed by atoms with Crippen molar-refractivity contribution in [2.45, 2.75) is 37.4 Å². The van der Waals surface area contributed by atoms with Crippen LogP contribution >= 0.6 is 0 Å². The van der Waals surface area contributed by atoms with Crippen molar-refractivity contribution in [1.82, 2.24) is 20.0 Å². The van der Waals surface area contributed by atoms with E-state index in [1.54, 1.807) is 7.11 Å². The fraction of sp³-hybridized carbons (Fsp3) is 0.867. The number of hydrogen-bond donors (Lipinski definition) is 0. The molecule has 9 heteroatoms. The van der Waals surface area contributed by atoms with Crippen molar-refractivity contribution in [2.24, 2.45) is 0 Å². The van der Waals surface area contributed by atoms with Crippen molar-refractivity contribution in [1.29, 1.82) is 0 Å². The average Bonchev–Trinajstić information content (AvgIpc) is 3.19. The van der Waals surface area contributed by atoms with Gasteiger partial charge in [-0.25, -0.2) is 8.42 Å². The second-order valence-electron chi connectivity index (χ2n) is 7.02. The van der Waals surface area contributed by atoms with Crippen molar-refractivity contribution in [3.8, 4) is 0 Å². The van der Waals surface area contributed by atoms with Gasteiger partial charge in [-0.15, -0.1) is 10.2 Å². The van der Waals surface area contributed by atoms with E-state index in [0.717, 1.165) is 38.4 Å². The van der Waals surface area contributed by atoms with Gasteiger partial charge >= 0.3 is 0 Å². The number of methoxy groups -OCH3 is 1. The Morgan fingerprint density at radius 1 is 1.17 bits per heavy atom. The van der Waals surface area contributed by atoms with Crippen LogP contribution in [0.3, 0.4) is 0 Å². The molecule has 8 nitrogen and oxygen atoms in total. The number of aromatic nitrogens is 2. The molecule has 1 saturated carbocycles. The highest BCUT2D eigenvalue weighted by Gasteiger charge is 2.46. The van der Waals surface area contributed by atoms with Crippen LogP contribution in [0.25, 0.3) is 0 Å². The summed E-state index contributed by atoms with van der Waals surface area (Å²) in [6.45, 7) is 3.57. The Bertz CT molecular complexity index is 687. The van der Waals surface area contributed by atoms with E-state index < -0.39 is 9.84 Å². The van der Waals surface area contributed by atoms with Crippen LogP contribution < -0.4 is 0 Å². The minimum absolute atomic E-state index is 0.00289. The molecule has 0 N–H and O–H groups in total. The van der Waals surface area contributed by atoms with Crippen molar-refractivity contribution in [3.05, 3.63) is 11.8 Å². The number of hydrogen-bond acceptors (Lipinski definition) is 8. The quantitative estimate of drug-likeness (QED) is 0.697. The van der Waals surface area contributed by atoms with Gasteiger partial charge in [0.2, 0.25) is 11.8 Å². The molecule has 1 aromatic heterocycles. The lowest BCUT2D eigenvalue weighted by molar-refractivity contribution is 0.0212. The number of nitrogens with zero attached hydrogens (tertiary/aromatic N) is 4. The van der Waals surface area contributed by atoms with Crippen LogP contribution in [-0.2, 0) is 21.1 Å². The van der Waals surface area contributed by atoms with Crippen LogP contribution in [0.5, 0.6) is 0 Å². The third-order valence-corrected chi connectivity index (χ3v) is 6.93. The first kappa shape index (κ1) is 16.4. The molecular formula is C15H24N4O4S. The predicted molar refractivity (Wildman–Crippen MR) is 86.4 cm³/mol. The van der Waals surface area contributed by atoms with Crippen molar-refractivity contribution in [3.63, 3.8) is 0 Å². The summed E-state index contributed by atoms with van der Waals surface area (Å²) in [6.07, 6.45) is 2.26. The second kappa shape index (κ2) is 6.36. The molecule has 3 fully saturated rings. The van der Waals surface area contributed by atoms with Crippen LogP contribution in [0.1, 0.15) is 30.5 Å². The highest BCUT2D eigenvalue weighted by Crippen LogP contribution is 2.39. The van der Waals surface area contributed by atoms with E-state index >= 15 is 0 Å². The fourth-order valence-corrected chi connectivity index (χ4v) is 5.82. The maximum atomic E-state index is 12.2. The second-order valence-corrected chi connectivity index (χ2v) is 9.17. The normalized spacial score (nSPS) is 30.5. The Balaban J connectivity index is 1.47. The molecule has 0 radical (unpaired) electrons. The molecule has 0 aromatic carbocycles. The van der Waals surface area contributed by atoms with Crippen LogP contribution in [0.15, 0.2) is 4.42 Å². The van der Waals surface area contributed by atoms with Gasteiger partial charge in [0, 0.05) is 44.7 Å². The van der Waals surface area contributed by atoms with Crippen molar-refractivity contribution in [2.75, 3.05) is 44.9 Å². The molecular weight excluding hydrogens is 332 g/mol. The highest BCUT2D eigenvalue weighted by atomic mass is 32.2. The van der Waals surface area contributed by atoms with Gasteiger partial charge in [0.25, 0.3) is 0 Å². The van der Waals surface area contributed by atoms with E-state index in [1.165, 1.54) is 0 Å². The third kappa shape index (κ3) is 3.35. The topological polar surface area (TPSA) is 88.8 Å². The summed E-state index contributed by atoms with van der Waals surface area (Å²) < 4.78 is 35.3. The third-order valence-electron chi connectivity index (χ3n) is 5.24. The van der Waals surface area contributed by atoms with Crippen LogP contribution in [0, 0.1) is 0 Å². The summed E-state index contributed by atoms with van der Waals surface area (Å²) in [6, 6.07) is 0.0293. The zero-order valence-electron chi connectivity index (χ0n) is 13.9. The van der Waals surface area contributed by atoms with Crippen LogP contribution in [-0.4, -0.2) is 85.4 Å².